The average molecular weight is 271 g/mol. The number of hydrogen-bond acceptors (Lipinski definition) is 4. The minimum atomic E-state index is -0.0337. The third-order valence-electron chi connectivity index (χ3n) is 3.48. The second kappa shape index (κ2) is 5.40. The predicted molar refractivity (Wildman–Crippen MR) is 74.2 cm³/mol. The zero-order chi connectivity index (χ0) is 13.9. The van der Waals surface area contributed by atoms with Crippen LogP contribution in [0.25, 0.3) is 0 Å². The van der Waals surface area contributed by atoms with E-state index < -0.39 is 0 Å². The van der Waals surface area contributed by atoms with Crippen LogP contribution in [0.4, 0.5) is 5.82 Å². The highest BCUT2D eigenvalue weighted by atomic mass is 16.1. The maximum Gasteiger partial charge on any atom is 0.225 e. The fourth-order valence-corrected chi connectivity index (χ4v) is 2.18. The summed E-state index contributed by atoms with van der Waals surface area (Å²) in [5.74, 6) is 1.05. The van der Waals surface area contributed by atoms with E-state index in [2.05, 4.69) is 20.4 Å². The molecule has 104 valence electrons. The van der Waals surface area contributed by atoms with Gasteiger partial charge >= 0.3 is 0 Å². The largest absolute Gasteiger partial charge is 0.309 e. The molecule has 2 aromatic heterocycles. The Hall–Kier alpha value is -2.24. The second-order valence-corrected chi connectivity index (χ2v) is 5.06. The van der Waals surface area contributed by atoms with Crippen molar-refractivity contribution in [1.82, 2.24) is 19.7 Å². The Bertz CT molecular complexity index is 618. The lowest BCUT2D eigenvalue weighted by Crippen LogP contribution is -2.16. The lowest BCUT2D eigenvalue weighted by atomic mass is 10.2. The molecular weight excluding hydrogens is 254 g/mol. The van der Waals surface area contributed by atoms with Crippen LogP contribution in [0.5, 0.6) is 0 Å². The Morgan fingerprint density at radius 2 is 2.15 bits per heavy atom. The number of aryl methyl sites for hydroxylation is 2. The minimum absolute atomic E-state index is 0.0337. The summed E-state index contributed by atoms with van der Waals surface area (Å²) in [7, 11) is 1.88. The van der Waals surface area contributed by atoms with E-state index in [0.717, 1.165) is 24.2 Å². The third-order valence-corrected chi connectivity index (χ3v) is 3.48. The van der Waals surface area contributed by atoms with E-state index in [0.29, 0.717) is 24.6 Å². The van der Waals surface area contributed by atoms with Crippen LogP contribution in [0.3, 0.4) is 0 Å². The Morgan fingerprint density at radius 3 is 2.85 bits per heavy atom. The first-order valence-corrected chi connectivity index (χ1v) is 6.81. The van der Waals surface area contributed by atoms with Crippen LogP contribution in [0, 0.1) is 0 Å². The average Bonchev–Trinajstić information content (AvgIpc) is 3.20. The summed E-state index contributed by atoms with van der Waals surface area (Å²) >= 11 is 0. The Balaban J connectivity index is 1.60. The zero-order valence-electron chi connectivity index (χ0n) is 11.4. The highest BCUT2D eigenvalue weighted by Gasteiger charge is 2.28. The summed E-state index contributed by atoms with van der Waals surface area (Å²) in [4.78, 5) is 20.6. The van der Waals surface area contributed by atoms with E-state index in [9.17, 15) is 4.79 Å². The number of nitrogens with zero attached hydrogens (tertiary/aromatic N) is 4. The highest BCUT2D eigenvalue weighted by molar-refractivity contribution is 5.90. The van der Waals surface area contributed by atoms with Crippen molar-refractivity contribution in [1.29, 1.82) is 0 Å². The number of carbonyl (C=O) groups is 1. The quantitative estimate of drug-likeness (QED) is 0.897. The fraction of sp³-hybridized carbons (Fsp3) is 0.429. The maximum atomic E-state index is 12.0. The van der Waals surface area contributed by atoms with Crippen LogP contribution in [0.2, 0.25) is 0 Å². The molecule has 1 aliphatic carbocycles. The van der Waals surface area contributed by atoms with Gasteiger partial charge in [-0.2, -0.15) is 5.10 Å². The Labute approximate surface area is 117 Å². The number of rotatable bonds is 5. The first kappa shape index (κ1) is 12.8. The Kier molecular flexibility index (Phi) is 3.45. The van der Waals surface area contributed by atoms with Gasteiger partial charge in [-0.05, 0) is 25.3 Å². The lowest BCUT2D eigenvalue weighted by molar-refractivity contribution is -0.116. The molecule has 0 spiro atoms. The van der Waals surface area contributed by atoms with Gasteiger partial charge in [0.1, 0.15) is 0 Å². The molecule has 6 heteroatoms. The normalized spacial score (nSPS) is 14.2. The van der Waals surface area contributed by atoms with Crippen molar-refractivity contribution < 1.29 is 4.79 Å². The zero-order valence-corrected chi connectivity index (χ0v) is 11.4. The molecule has 0 aliphatic heterocycles. The molecule has 1 aliphatic rings. The molecule has 0 unspecified atom stereocenters. The van der Waals surface area contributed by atoms with Gasteiger partial charge in [-0.3, -0.25) is 14.5 Å². The molecular formula is C14H17N5O. The Morgan fingerprint density at radius 1 is 1.35 bits per heavy atom. The smallest absolute Gasteiger partial charge is 0.225 e. The van der Waals surface area contributed by atoms with Crippen molar-refractivity contribution in [2.24, 2.45) is 7.05 Å². The summed E-state index contributed by atoms with van der Waals surface area (Å²) in [5.41, 5.74) is 1.96. The van der Waals surface area contributed by atoms with E-state index in [1.54, 1.807) is 23.3 Å². The van der Waals surface area contributed by atoms with Crippen molar-refractivity contribution in [3.8, 4) is 0 Å². The van der Waals surface area contributed by atoms with Crippen LogP contribution in [-0.2, 0) is 18.3 Å². The standard InChI is InChI=1S/C14H17N5O/c1-19-11(6-7-17-19)4-5-12(20)18-14-13(10-2-3-10)15-8-9-16-14/h6-10H,2-5H2,1H3,(H,16,18,20). The third kappa shape index (κ3) is 2.84. The molecule has 1 fully saturated rings. The summed E-state index contributed by atoms with van der Waals surface area (Å²) in [6, 6.07) is 1.92. The van der Waals surface area contributed by atoms with Crippen molar-refractivity contribution in [3.05, 3.63) is 36.0 Å². The first-order chi connectivity index (χ1) is 9.74. The van der Waals surface area contributed by atoms with Crippen LogP contribution < -0.4 is 5.32 Å². The van der Waals surface area contributed by atoms with Gasteiger partial charge in [0, 0.05) is 43.7 Å². The van der Waals surface area contributed by atoms with E-state index in [1.807, 2.05) is 13.1 Å². The van der Waals surface area contributed by atoms with E-state index in [-0.39, 0.29) is 5.91 Å². The number of anilines is 1. The summed E-state index contributed by atoms with van der Waals surface area (Å²) in [6.07, 6.45) is 8.39. The predicted octanol–water partition coefficient (Wildman–Crippen LogP) is 1.66. The molecule has 0 saturated heterocycles. The molecule has 1 N–H and O–H groups in total. The van der Waals surface area contributed by atoms with Crippen molar-refractivity contribution in [2.45, 2.75) is 31.6 Å². The highest BCUT2D eigenvalue weighted by Crippen LogP contribution is 2.41. The van der Waals surface area contributed by atoms with Crippen LogP contribution in [0.1, 0.15) is 36.6 Å². The van der Waals surface area contributed by atoms with Gasteiger partial charge < -0.3 is 5.32 Å². The number of aromatic nitrogens is 4. The van der Waals surface area contributed by atoms with Crippen molar-refractivity contribution >= 4 is 11.7 Å². The van der Waals surface area contributed by atoms with Gasteiger partial charge in [0.05, 0.1) is 5.69 Å². The summed E-state index contributed by atoms with van der Waals surface area (Å²) < 4.78 is 1.78. The number of hydrogen-bond donors (Lipinski definition) is 1. The monoisotopic (exact) mass is 271 g/mol. The van der Waals surface area contributed by atoms with Gasteiger partial charge in [0.2, 0.25) is 5.91 Å². The van der Waals surface area contributed by atoms with E-state index >= 15 is 0 Å². The summed E-state index contributed by atoms with van der Waals surface area (Å²) in [6.45, 7) is 0. The molecule has 20 heavy (non-hydrogen) atoms. The van der Waals surface area contributed by atoms with Crippen molar-refractivity contribution in [2.75, 3.05) is 5.32 Å². The fourth-order valence-electron chi connectivity index (χ4n) is 2.18. The first-order valence-electron chi connectivity index (χ1n) is 6.81. The SMILES string of the molecule is Cn1nccc1CCC(=O)Nc1nccnc1C1CC1. The summed E-state index contributed by atoms with van der Waals surface area (Å²) in [5, 5.41) is 6.96. The molecule has 2 aromatic rings. The molecule has 0 atom stereocenters. The van der Waals surface area contributed by atoms with E-state index in [4.69, 9.17) is 0 Å². The molecule has 3 rings (SSSR count). The lowest BCUT2D eigenvalue weighted by Gasteiger charge is -2.08. The van der Waals surface area contributed by atoms with Crippen LogP contribution >= 0.6 is 0 Å². The minimum Gasteiger partial charge on any atom is -0.309 e. The van der Waals surface area contributed by atoms with Gasteiger partial charge in [-0.15, -0.1) is 0 Å². The molecule has 0 radical (unpaired) electrons. The van der Waals surface area contributed by atoms with Gasteiger partial charge in [0.25, 0.3) is 0 Å². The number of carbonyl (C=O) groups excluding carboxylic acids is 1. The molecule has 0 bridgehead atoms. The molecule has 1 amide bonds. The van der Waals surface area contributed by atoms with Crippen molar-refractivity contribution in [3.63, 3.8) is 0 Å². The van der Waals surface area contributed by atoms with Crippen LogP contribution in [-0.4, -0.2) is 25.7 Å². The number of nitrogens with one attached hydrogen (secondary N) is 1. The van der Waals surface area contributed by atoms with E-state index in [1.165, 1.54) is 0 Å². The van der Waals surface area contributed by atoms with Crippen LogP contribution in [0.15, 0.2) is 24.7 Å². The number of amides is 1. The topological polar surface area (TPSA) is 72.7 Å². The van der Waals surface area contributed by atoms with Gasteiger partial charge in [0.15, 0.2) is 5.82 Å². The van der Waals surface area contributed by atoms with Gasteiger partial charge in [-0.1, -0.05) is 0 Å². The van der Waals surface area contributed by atoms with Gasteiger partial charge in [-0.25, -0.2) is 4.98 Å². The molecule has 6 nitrogen and oxygen atoms in total. The molecule has 0 aromatic carbocycles. The molecule has 2 heterocycles. The maximum absolute atomic E-state index is 12.0. The second-order valence-electron chi connectivity index (χ2n) is 5.06. The molecule has 1 saturated carbocycles.